The molecule has 0 radical (unpaired) electrons. The molecule has 1 aliphatic rings. The highest BCUT2D eigenvalue weighted by atomic mass is 79.9. The molecule has 0 unspecified atom stereocenters. The highest BCUT2D eigenvalue weighted by Gasteiger charge is 2.40. The lowest BCUT2D eigenvalue weighted by Gasteiger charge is -2.46. The smallest absolute Gasteiger partial charge is 0.329 e. The third-order valence-corrected chi connectivity index (χ3v) is 3.87. The van der Waals surface area contributed by atoms with Crippen molar-refractivity contribution in [3.05, 3.63) is 28.7 Å². The monoisotopic (exact) mass is 356 g/mol. The van der Waals surface area contributed by atoms with Gasteiger partial charge in [0.05, 0.1) is 17.8 Å². The lowest BCUT2D eigenvalue weighted by atomic mass is 9.96. The number of nitrogens with one attached hydrogen (secondary N) is 1. The number of carbonyl (C=O) groups is 2. The van der Waals surface area contributed by atoms with Crippen LogP contribution >= 0.6 is 15.9 Å². The van der Waals surface area contributed by atoms with Gasteiger partial charge >= 0.3 is 5.97 Å². The highest BCUT2D eigenvalue weighted by Crippen LogP contribution is 2.25. The minimum absolute atomic E-state index is 0.109. The lowest BCUT2D eigenvalue weighted by molar-refractivity contribution is -0.165. The van der Waals surface area contributed by atoms with E-state index in [2.05, 4.69) is 21.2 Å². The Labute approximate surface area is 131 Å². The number of benzene rings is 1. The molecule has 1 aromatic carbocycles. The summed E-state index contributed by atoms with van der Waals surface area (Å²) in [6, 6.07) is 7.40. The van der Waals surface area contributed by atoms with E-state index in [1.54, 1.807) is 0 Å². The Balaban J connectivity index is 1.76. The maximum atomic E-state index is 11.9. The molecule has 1 saturated heterocycles. The second kappa shape index (κ2) is 6.55. The quantitative estimate of drug-likeness (QED) is 0.808. The molecule has 0 aliphatic carbocycles. The van der Waals surface area contributed by atoms with Crippen LogP contribution in [0.1, 0.15) is 6.92 Å². The third-order valence-electron chi connectivity index (χ3n) is 3.18. The van der Waals surface area contributed by atoms with E-state index >= 15 is 0 Å². The van der Waals surface area contributed by atoms with Crippen LogP contribution in [0, 0.1) is 0 Å². The second-order valence-electron chi connectivity index (χ2n) is 5.31. The summed E-state index contributed by atoms with van der Waals surface area (Å²) in [5, 5.41) is 11.4. The van der Waals surface area contributed by atoms with Crippen molar-refractivity contribution in [2.75, 3.05) is 31.6 Å². The number of rotatable bonds is 6. The molecule has 2 N–H and O–H groups in total. The lowest BCUT2D eigenvalue weighted by Crippen LogP contribution is -2.63. The summed E-state index contributed by atoms with van der Waals surface area (Å²) in [4.78, 5) is 24.3. The molecule has 21 heavy (non-hydrogen) atoms. The van der Waals surface area contributed by atoms with Crippen molar-refractivity contribution >= 4 is 33.5 Å². The number of anilines is 1. The van der Waals surface area contributed by atoms with E-state index in [9.17, 15) is 9.59 Å². The molecule has 0 saturated carbocycles. The summed E-state index contributed by atoms with van der Waals surface area (Å²) >= 11 is 3.37. The van der Waals surface area contributed by atoms with Crippen LogP contribution in [-0.2, 0) is 14.3 Å². The normalized spacial score (nSPS) is 17.0. The summed E-state index contributed by atoms with van der Waals surface area (Å²) < 4.78 is 6.13. The number of halogens is 1. The van der Waals surface area contributed by atoms with E-state index in [0.717, 1.165) is 10.2 Å². The largest absolute Gasteiger partial charge is 0.480 e. The van der Waals surface area contributed by atoms with Crippen LogP contribution in [0.2, 0.25) is 0 Å². The first-order valence-electron chi connectivity index (χ1n) is 6.50. The van der Waals surface area contributed by atoms with Crippen LogP contribution in [0.25, 0.3) is 0 Å². The molecule has 2 rings (SSSR count). The number of carboxylic acid groups (broad SMARTS) is 1. The van der Waals surface area contributed by atoms with E-state index < -0.39 is 11.6 Å². The molecule has 114 valence electrons. The summed E-state index contributed by atoms with van der Waals surface area (Å²) in [6.07, 6.45) is 0. The summed E-state index contributed by atoms with van der Waals surface area (Å²) in [5.74, 6) is -1.09. The Bertz CT molecular complexity index is 544. The van der Waals surface area contributed by atoms with Crippen LogP contribution in [-0.4, -0.2) is 53.7 Å². The van der Waals surface area contributed by atoms with Crippen molar-refractivity contribution in [1.82, 2.24) is 4.90 Å². The van der Waals surface area contributed by atoms with Crippen LogP contribution in [0.4, 0.5) is 5.69 Å². The summed E-state index contributed by atoms with van der Waals surface area (Å²) in [6.45, 7) is 2.88. The first-order chi connectivity index (χ1) is 9.88. The zero-order chi connectivity index (χ0) is 15.5. The topological polar surface area (TPSA) is 78.9 Å². The van der Waals surface area contributed by atoms with Gasteiger partial charge in [-0.15, -0.1) is 0 Å². The molecular weight excluding hydrogens is 340 g/mol. The Morgan fingerprint density at radius 1 is 1.43 bits per heavy atom. The fourth-order valence-electron chi connectivity index (χ4n) is 2.29. The van der Waals surface area contributed by atoms with Crippen molar-refractivity contribution in [3.63, 3.8) is 0 Å². The second-order valence-corrected chi connectivity index (χ2v) is 6.16. The molecule has 1 heterocycles. The molecule has 1 aromatic rings. The maximum Gasteiger partial charge on any atom is 0.329 e. The highest BCUT2D eigenvalue weighted by molar-refractivity contribution is 9.10. The number of carbonyl (C=O) groups excluding carboxylic acids is 1. The van der Waals surface area contributed by atoms with E-state index in [0.29, 0.717) is 13.1 Å². The predicted octanol–water partition coefficient (Wildman–Crippen LogP) is 1.56. The summed E-state index contributed by atoms with van der Waals surface area (Å²) in [5.41, 5.74) is 0.249. The molecule has 0 bridgehead atoms. The van der Waals surface area contributed by atoms with Crippen LogP contribution in [0.3, 0.4) is 0 Å². The first-order valence-corrected chi connectivity index (χ1v) is 7.30. The van der Waals surface area contributed by atoms with Gasteiger partial charge in [0.15, 0.2) is 0 Å². The Hall–Kier alpha value is -1.44. The van der Waals surface area contributed by atoms with E-state index in [4.69, 9.17) is 9.84 Å². The average Bonchev–Trinajstić information content (AvgIpc) is 2.37. The Morgan fingerprint density at radius 3 is 2.71 bits per heavy atom. The molecule has 0 atom stereocenters. The molecule has 1 amide bonds. The summed E-state index contributed by atoms with van der Waals surface area (Å²) in [7, 11) is 0. The van der Waals surface area contributed by atoms with Gasteiger partial charge in [-0.3, -0.25) is 9.69 Å². The third kappa shape index (κ3) is 4.52. The number of ether oxygens (including phenoxy) is 1. The molecule has 6 nitrogen and oxygen atoms in total. The zero-order valence-corrected chi connectivity index (χ0v) is 13.2. The van der Waals surface area contributed by atoms with Gasteiger partial charge in [0, 0.05) is 17.6 Å². The van der Waals surface area contributed by atoms with Crippen molar-refractivity contribution in [1.29, 1.82) is 0 Å². The van der Waals surface area contributed by atoms with Crippen LogP contribution in [0.15, 0.2) is 28.7 Å². The SMILES string of the molecule is CC1(OCC(=O)O)CN(CC(=O)Nc2ccccc2Br)C1. The first kappa shape index (κ1) is 15.9. The number of aliphatic carboxylic acids is 1. The van der Waals surface area contributed by atoms with Gasteiger partial charge in [0.25, 0.3) is 0 Å². The number of hydrogen-bond donors (Lipinski definition) is 2. The van der Waals surface area contributed by atoms with Gasteiger partial charge in [-0.25, -0.2) is 4.79 Å². The standard InChI is InChI=1S/C14H17BrN2O4/c1-14(21-7-13(19)20)8-17(9-14)6-12(18)16-11-5-3-2-4-10(11)15/h2-5H,6-9H2,1H3,(H,16,18)(H,19,20). The molecule has 1 fully saturated rings. The number of amides is 1. The molecular formula is C14H17BrN2O4. The number of para-hydroxylation sites is 1. The fourth-order valence-corrected chi connectivity index (χ4v) is 2.68. The van der Waals surface area contributed by atoms with Crippen LogP contribution < -0.4 is 5.32 Å². The van der Waals surface area contributed by atoms with Gasteiger partial charge < -0.3 is 15.2 Å². The predicted molar refractivity (Wildman–Crippen MR) is 81.2 cm³/mol. The van der Waals surface area contributed by atoms with Gasteiger partial charge in [-0.1, -0.05) is 12.1 Å². The number of carboxylic acids is 1. The van der Waals surface area contributed by atoms with E-state index in [-0.39, 0.29) is 19.1 Å². The fraction of sp³-hybridized carbons (Fsp3) is 0.429. The average molecular weight is 357 g/mol. The van der Waals surface area contributed by atoms with Gasteiger partial charge in [-0.2, -0.15) is 0 Å². The van der Waals surface area contributed by atoms with Crippen molar-refractivity contribution in [2.24, 2.45) is 0 Å². The molecule has 0 aromatic heterocycles. The Kier molecular flexibility index (Phi) is 4.97. The minimum atomic E-state index is -0.985. The van der Waals surface area contributed by atoms with Gasteiger partial charge in [-0.05, 0) is 35.0 Å². The van der Waals surface area contributed by atoms with Crippen molar-refractivity contribution < 1.29 is 19.4 Å². The number of likely N-dealkylation sites (tertiary alicyclic amines) is 1. The Morgan fingerprint density at radius 2 is 2.10 bits per heavy atom. The maximum absolute atomic E-state index is 11.9. The zero-order valence-electron chi connectivity index (χ0n) is 11.6. The number of hydrogen-bond acceptors (Lipinski definition) is 4. The van der Waals surface area contributed by atoms with E-state index in [1.165, 1.54) is 0 Å². The van der Waals surface area contributed by atoms with Crippen molar-refractivity contribution in [3.8, 4) is 0 Å². The van der Waals surface area contributed by atoms with Crippen LogP contribution in [0.5, 0.6) is 0 Å². The van der Waals surface area contributed by atoms with Gasteiger partial charge in [0.2, 0.25) is 5.91 Å². The van der Waals surface area contributed by atoms with E-state index in [1.807, 2.05) is 36.1 Å². The van der Waals surface area contributed by atoms with Gasteiger partial charge in [0.1, 0.15) is 6.61 Å². The van der Waals surface area contributed by atoms with Crippen molar-refractivity contribution in [2.45, 2.75) is 12.5 Å². The number of nitrogens with zero attached hydrogens (tertiary/aromatic N) is 1. The molecule has 0 spiro atoms. The molecule has 7 heteroatoms. The minimum Gasteiger partial charge on any atom is -0.480 e. The molecule has 1 aliphatic heterocycles.